The van der Waals surface area contributed by atoms with Gasteiger partial charge in [-0.3, -0.25) is 0 Å². The average molecular weight is 142 g/mol. The molecule has 0 aromatic carbocycles. The summed E-state index contributed by atoms with van der Waals surface area (Å²) in [5.41, 5.74) is 9.50. The van der Waals surface area contributed by atoms with E-state index in [0.29, 0.717) is 0 Å². The Balaban J connectivity index is 3.59. The van der Waals surface area contributed by atoms with Crippen LogP contribution in [0.15, 0.2) is 0 Å². The van der Waals surface area contributed by atoms with Gasteiger partial charge < -0.3 is 11.5 Å². The normalized spacial score (nSPS) is 15.7. The first-order chi connectivity index (χ1) is 3.98. The van der Waals surface area contributed by atoms with Gasteiger partial charge in [0.05, 0.1) is 0 Å². The Bertz CT molecular complexity index is 80.4. The van der Waals surface area contributed by atoms with E-state index in [1.165, 1.54) is 0 Å². The van der Waals surface area contributed by atoms with Crippen molar-refractivity contribution in [2.45, 2.75) is 18.6 Å². The molecule has 0 rings (SSSR count). The van der Waals surface area contributed by atoms with Crippen LogP contribution in [0, 0.1) is 0 Å². The summed E-state index contributed by atoms with van der Waals surface area (Å²) in [6, 6.07) is -1.76. The van der Waals surface area contributed by atoms with Gasteiger partial charge in [0.2, 0.25) is 0 Å². The van der Waals surface area contributed by atoms with E-state index in [9.17, 15) is 13.2 Å². The Morgan fingerprint density at radius 2 is 1.78 bits per heavy atom. The van der Waals surface area contributed by atoms with Crippen molar-refractivity contribution in [3.05, 3.63) is 0 Å². The number of alkyl halides is 3. The fraction of sp³-hybridized carbons (Fsp3) is 1.00. The first-order valence-corrected chi connectivity index (χ1v) is 2.51. The molecule has 9 heavy (non-hydrogen) atoms. The molecule has 0 aliphatic carbocycles. The van der Waals surface area contributed by atoms with Crippen LogP contribution in [0.3, 0.4) is 0 Å². The third-order valence-corrected chi connectivity index (χ3v) is 0.898. The Hall–Kier alpha value is -0.290. The summed E-state index contributed by atoms with van der Waals surface area (Å²) in [7, 11) is 0. The highest BCUT2D eigenvalue weighted by atomic mass is 19.4. The second-order valence-corrected chi connectivity index (χ2v) is 1.73. The Labute approximate surface area is 51.0 Å². The number of hydrogen-bond acceptors (Lipinski definition) is 2. The molecular formula is C4H9F3N2. The van der Waals surface area contributed by atoms with Crippen LogP contribution in [0.2, 0.25) is 0 Å². The van der Waals surface area contributed by atoms with Gasteiger partial charge in [-0.25, -0.2) is 0 Å². The quantitative estimate of drug-likeness (QED) is 0.579. The smallest absolute Gasteiger partial charge is 0.330 e. The minimum absolute atomic E-state index is 0.0271. The molecule has 0 unspecified atom stereocenters. The van der Waals surface area contributed by atoms with Crippen molar-refractivity contribution in [3.8, 4) is 0 Å². The van der Waals surface area contributed by atoms with Gasteiger partial charge >= 0.3 is 6.18 Å². The second-order valence-electron chi connectivity index (χ2n) is 1.73. The van der Waals surface area contributed by atoms with E-state index in [2.05, 4.69) is 5.73 Å². The molecular weight excluding hydrogens is 133 g/mol. The van der Waals surface area contributed by atoms with Gasteiger partial charge in [0.15, 0.2) is 0 Å². The molecule has 0 aliphatic heterocycles. The van der Waals surface area contributed by atoms with Crippen LogP contribution in [-0.2, 0) is 0 Å². The van der Waals surface area contributed by atoms with E-state index in [-0.39, 0.29) is 13.0 Å². The van der Waals surface area contributed by atoms with Crippen molar-refractivity contribution in [3.63, 3.8) is 0 Å². The van der Waals surface area contributed by atoms with Crippen LogP contribution in [0.5, 0.6) is 0 Å². The fourth-order valence-electron chi connectivity index (χ4n) is 0.343. The minimum Gasteiger partial charge on any atom is -0.330 e. The molecule has 5 heteroatoms. The van der Waals surface area contributed by atoms with E-state index in [0.717, 1.165) is 0 Å². The largest absolute Gasteiger partial charge is 0.403 e. The Morgan fingerprint density at radius 3 is 1.89 bits per heavy atom. The van der Waals surface area contributed by atoms with Gasteiger partial charge in [-0.1, -0.05) is 0 Å². The van der Waals surface area contributed by atoms with Gasteiger partial charge in [-0.2, -0.15) is 13.2 Å². The highest BCUT2D eigenvalue weighted by Gasteiger charge is 2.35. The maximum atomic E-state index is 11.5. The topological polar surface area (TPSA) is 52.0 Å². The van der Waals surface area contributed by atoms with Gasteiger partial charge in [0, 0.05) is 0 Å². The Morgan fingerprint density at radius 1 is 1.33 bits per heavy atom. The Kier molecular flexibility index (Phi) is 2.93. The number of halogens is 3. The van der Waals surface area contributed by atoms with Gasteiger partial charge in [0.25, 0.3) is 0 Å². The van der Waals surface area contributed by atoms with E-state index < -0.39 is 12.2 Å². The maximum absolute atomic E-state index is 11.5. The number of nitrogens with two attached hydrogens (primary N) is 2. The first kappa shape index (κ1) is 8.71. The summed E-state index contributed by atoms with van der Waals surface area (Å²) in [6.45, 7) is -0.0271. The van der Waals surface area contributed by atoms with Gasteiger partial charge in [0.1, 0.15) is 6.04 Å². The van der Waals surface area contributed by atoms with Crippen LogP contribution in [0.4, 0.5) is 13.2 Å². The molecule has 0 bridgehead atoms. The van der Waals surface area contributed by atoms with Gasteiger partial charge in [-0.15, -0.1) is 0 Å². The number of rotatable bonds is 2. The molecule has 0 amide bonds. The van der Waals surface area contributed by atoms with Crippen molar-refractivity contribution in [1.29, 1.82) is 0 Å². The lowest BCUT2D eigenvalue weighted by atomic mass is 10.2. The monoisotopic (exact) mass is 142 g/mol. The predicted octanol–water partition coefficient (Wildman–Crippen LogP) is 0.225. The molecule has 4 N–H and O–H groups in total. The second kappa shape index (κ2) is 3.03. The highest BCUT2D eigenvalue weighted by molar-refractivity contribution is 4.69. The molecule has 0 fully saturated rings. The third-order valence-electron chi connectivity index (χ3n) is 0.898. The first-order valence-electron chi connectivity index (χ1n) is 2.51. The van der Waals surface area contributed by atoms with Crippen molar-refractivity contribution in [2.75, 3.05) is 6.54 Å². The zero-order chi connectivity index (χ0) is 7.49. The lowest BCUT2D eigenvalue weighted by Crippen LogP contribution is -2.38. The highest BCUT2D eigenvalue weighted by Crippen LogP contribution is 2.19. The van der Waals surface area contributed by atoms with Crippen LogP contribution in [0.25, 0.3) is 0 Å². The number of hydrogen-bond donors (Lipinski definition) is 2. The summed E-state index contributed by atoms with van der Waals surface area (Å²) in [5.74, 6) is 0. The zero-order valence-electron chi connectivity index (χ0n) is 4.78. The summed E-state index contributed by atoms with van der Waals surface area (Å²) in [5, 5.41) is 0. The van der Waals surface area contributed by atoms with Crippen molar-refractivity contribution in [2.24, 2.45) is 11.5 Å². The van der Waals surface area contributed by atoms with Crippen LogP contribution in [0.1, 0.15) is 6.42 Å². The zero-order valence-corrected chi connectivity index (χ0v) is 4.78. The predicted molar refractivity (Wildman–Crippen MR) is 27.7 cm³/mol. The van der Waals surface area contributed by atoms with Crippen molar-refractivity contribution >= 4 is 0 Å². The molecule has 0 saturated heterocycles. The molecule has 0 saturated carbocycles. The van der Waals surface area contributed by atoms with Crippen molar-refractivity contribution < 1.29 is 13.2 Å². The standard InChI is InChI=1S/C4H9F3N2/c5-4(6,7)3(9)1-2-8/h3H,1-2,8-9H2/t3-/m1/s1. The molecule has 56 valence electrons. The molecule has 0 aromatic rings. The van der Waals surface area contributed by atoms with Crippen LogP contribution in [-0.4, -0.2) is 18.8 Å². The summed E-state index contributed by atoms with van der Waals surface area (Å²) in [6.07, 6.45) is -4.50. The lowest BCUT2D eigenvalue weighted by molar-refractivity contribution is -0.148. The molecule has 0 spiro atoms. The van der Waals surface area contributed by atoms with E-state index >= 15 is 0 Å². The lowest BCUT2D eigenvalue weighted by Gasteiger charge is -2.13. The van der Waals surface area contributed by atoms with Crippen LogP contribution < -0.4 is 11.5 Å². The van der Waals surface area contributed by atoms with Crippen LogP contribution >= 0.6 is 0 Å². The van der Waals surface area contributed by atoms with E-state index in [4.69, 9.17) is 5.73 Å². The fourth-order valence-corrected chi connectivity index (χ4v) is 0.343. The molecule has 0 aliphatic rings. The molecule has 0 aromatic heterocycles. The molecule has 2 nitrogen and oxygen atoms in total. The van der Waals surface area contributed by atoms with E-state index in [1.54, 1.807) is 0 Å². The average Bonchev–Trinajstić information content (AvgIpc) is 1.64. The molecule has 0 heterocycles. The van der Waals surface area contributed by atoms with E-state index in [1.807, 2.05) is 0 Å². The van der Waals surface area contributed by atoms with Gasteiger partial charge in [-0.05, 0) is 13.0 Å². The van der Waals surface area contributed by atoms with Crippen molar-refractivity contribution in [1.82, 2.24) is 0 Å². The maximum Gasteiger partial charge on any atom is 0.403 e. The summed E-state index contributed by atoms with van der Waals surface area (Å²) in [4.78, 5) is 0. The molecule has 0 radical (unpaired) electrons. The summed E-state index contributed by atoms with van der Waals surface area (Å²) >= 11 is 0. The molecule has 1 atom stereocenters. The SMILES string of the molecule is NCC[C@@H](N)C(F)(F)F. The third kappa shape index (κ3) is 3.31. The minimum atomic E-state index is -4.29. The summed E-state index contributed by atoms with van der Waals surface area (Å²) < 4.78 is 34.4.